The van der Waals surface area contributed by atoms with E-state index in [0.29, 0.717) is 18.4 Å². The van der Waals surface area contributed by atoms with E-state index in [9.17, 15) is 14.7 Å². The molecule has 120 valence electrons. The average molecular weight is 307 g/mol. The van der Waals surface area contributed by atoms with Crippen molar-refractivity contribution in [2.24, 2.45) is 0 Å². The van der Waals surface area contributed by atoms with Crippen LogP contribution in [0.25, 0.3) is 0 Å². The van der Waals surface area contributed by atoms with Gasteiger partial charge in [-0.1, -0.05) is 18.2 Å². The van der Waals surface area contributed by atoms with Crippen LogP contribution in [-0.2, 0) is 14.3 Å². The van der Waals surface area contributed by atoms with Crippen LogP contribution in [0.2, 0.25) is 0 Å². The fraction of sp³-hybridized carbons (Fsp3) is 0.500. The Bertz CT molecular complexity index is 505. The Labute approximate surface area is 129 Å². The van der Waals surface area contributed by atoms with Crippen molar-refractivity contribution in [3.8, 4) is 0 Å². The Morgan fingerprint density at radius 1 is 1.32 bits per heavy atom. The van der Waals surface area contributed by atoms with Gasteiger partial charge in [-0.3, -0.25) is 9.59 Å². The molecular formula is C16H21NO5. The molecule has 2 N–H and O–H groups in total. The maximum atomic E-state index is 12.2. The summed E-state index contributed by atoms with van der Waals surface area (Å²) >= 11 is 0. The molecule has 1 fully saturated rings. The molecule has 1 heterocycles. The summed E-state index contributed by atoms with van der Waals surface area (Å²) in [6.07, 6.45) is 0.633. The Hall–Kier alpha value is -1.92. The second-order valence-corrected chi connectivity index (χ2v) is 5.28. The zero-order valence-electron chi connectivity index (χ0n) is 12.5. The summed E-state index contributed by atoms with van der Waals surface area (Å²) in [4.78, 5) is 23.4. The number of carbonyl (C=O) groups excluding carboxylic acids is 2. The summed E-state index contributed by atoms with van der Waals surface area (Å²) < 4.78 is 10.3. The van der Waals surface area contributed by atoms with E-state index in [-0.39, 0.29) is 37.0 Å². The molecule has 0 aliphatic carbocycles. The number of hydrogen-bond acceptors (Lipinski definition) is 5. The molecule has 1 aromatic carbocycles. The number of esters is 1. The summed E-state index contributed by atoms with van der Waals surface area (Å²) in [7, 11) is 1.33. The van der Waals surface area contributed by atoms with Gasteiger partial charge in [0.05, 0.1) is 32.3 Å². The number of nitrogens with one attached hydrogen (secondary N) is 1. The third-order valence-corrected chi connectivity index (χ3v) is 3.77. The summed E-state index contributed by atoms with van der Waals surface area (Å²) in [6, 6.07) is 8.62. The topological polar surface area (TPSA) is 84.9 Å². The average Bonchev–Trinajstić information content (AvgIpc) is 2.56. The molecule has 0 radical (unpaired) electrons. The van der Waals surface area contributed by atoms with E-state index in [1.165, 1.54) is 7.11 Å². The lowest BCUT2D eigenvalue weighted by molar-refractivity contribution is -0.149. The van der Waals surface area contributed by atoms with Crippen molar-refractivity contribution in [3.63, 3.8) is 0 Å². The number of aliphatic hydroxyl groups is 1. The molecule has 1 aliphatic heterocycles. The Morgan fingerprint density at radius 2 is 2.05 bits per heavy atom. The highest BCUT2D eigenvalue weighted by molar-refractivity contribution is 5.94. The number of methoxy groups -OCH3 is 1. The van der Waals surface area contributed by atoms with Crippen molar-refractivity contribution in [2.75, 3.05) is 13.7 Å². The first-order chi connectivity index (χ1) is 10.6. The minimum Gasteiger partial charge on any atom is -0.469 e. The fourth-order valence-electron chi connectivity index (χ4n) is 2.56. The van der Waals surface area contributed by atoms with Crippen LogP contribution >= 0.6 is 0 Å². The zero-order valence-corrected chi connectivity index (χ0v) is 12.5. The second-order valence-electron chi connectivity index (χ2n) is 5.28. The number of carbonyl (C=O) groups is 2. The van der Waals surface area contributed by atoms with Crippen molar-refractivity contribution in [1.82, 2.24) is 5.32 Å². The van der Waals surface area contributed by atoms with E-state index < -0.39 is 6.10 Å². The fourth-order valence-corrected chi connectivity index (χ4v) is 2.56. The van der Waals surface area contributed by atoms with Gasteiger partial charge >= 0.3 is 5.97 Å². The lowest BCUT2D eigenvalue weighted by Gasteiger charge is -2.35. The number of ether oxygens (including phenoxy) is 2. The third kappa shape index (κ3) is 4.29. The first-order valence-electron chi connectivity index (χ1n) is 7.33. The monoisotopic (exact) mass is 307 g/mol. The third-order valence-electron chi connectivity index (χ3n) is 3.77. The standard InChI is InChI=1S/C16H21NO5/c1-21-15(19)9-12-7-8-13(14(10-18)22-12)17-16(20)11-5-3-2-4-6-11/h2-6,12-14,18H,7-10H2,1H3,(H,17,20)/t12-,13-,14-/m0/s1. The number of aliphatic hydroxyl groups excluding tert-OH is 1. The quantitative estimate of drug-likeness (QED) is 0.789. The molecule has 0 saturated carbocycles. The number of rotatable bonds is 5. The predicted molar refractivity (Wildman–Crippen MR) is 79.3 cm³/mol. The molecule has 2 rings (SSSR count). The molecule has 6 heteroatoms. The minimum absolute atomic E-state index is 0.159. The van der Waals surface area contributed by atoms with Gasteiger partial charge < -0.3 is 19.9 Å². The van der Waals surface area contributed by atoms with E-state index >= 15 is 0 Å². The molecule has 3 atom stereocenters. The first-order valence-corrected chi connectivity index (χ1v) is 7.33. The molecule has 22 heavy (non-hydrogen) atoms. The molecule has 6 nitrogen and oxygen atoms in total. The maximum Gasteiger partial charge on any atom is 0.308 e. The van der Waals surface area contributed by atoms with Gasteiger partial charge in [0.2, 0.25) is 0 Å². The van der Waals surface area contributed by atoms with E-state index in [4.69, 9.17) is 4.74 Å². The molecule has 0 aromatic heterocycles. The van der Waals surface area contributed by atoms with Crippen LogP contribution in [0.1, 0.15) is 29.6 Å². The largest absolute Gasteiger partial charge is 0.469 e. The van der Waals surface area contributed by atoms with E-state index in [0.717, 1.165) is 0 Å². The highest BCUT2D eigenvalue weighted by atomic mass is 16.5. The van der Waals surface area contributed by atoms with Crippen molar-refractivity contribution in [3.05, 3.63) is 35.9 Å². The predicted octanol–water partition coefficient (Wildman–Crippen LogP) is 0.888. The number of amides is 1. The highest BCUT2D eigenvalue weighted by Crippen LogP contribution is 2.22. The van der Waals surface area contributed by atoms with Crippen LogP contribution < -0.4 is 5.32 Å². The van der Waals surface area contributed by atoms with Gasteiger partial charge in [-0.2, -0.15) is 0 Å². The molecule has 1 amide bonds. The van der Waals surface area contributed by atoms with E-state index in [2.05, 4.69) is 10.1 Å². The van der Waals surface area contributed by atoms with Crippen LogP contribution in [-0.4, -0.2) is 48.9 Å². The second kappa shape index (κ2) is 7.91. The molecule has 0 bridgehead atoms. The van der Waals surface area contributed by atoms with Gasteiger partial charge in [-0.15, -0.1) is 0 Å². The molecular weight excluding hydrogens is 286 g/mol. The van der Waals surface area contributed by atoms with Gasteiger partial charge in [-0.05, 0) is 25.0 Å². The Kier molecular flexibility index (Phi) is 5.91. The van der Waals surface area contributed by atoms with E-state index in [1.807, 2.05) is 6.07 Å². The van der Waals surface area contributed by atoms with Crippen LogP contribution in [0.3, 0.4) is 0 Å². The Balaban J connectivity index is 1.92. The summed E-state index contributed by atoms with van der Waals surface area (Å²) in [5.41, 5.74) is 0.566. The molecule has 1 aliphatic rings. The van der Waals surface area contributed by atoms with Gasteiger partial charge in [-0.25, -0.2) is 0 Å². The highest BCUT2D eigenvalue weighted by Gasteiger charge is 2.33. The smallest absolute Gasteiger partial charge is 0.308 e. The van der Waals surface area contributed by atoms with Crippen molar-refractivity contribution in [2.45, 2.75) is 37.5 Å². The molecule has 0 unspecified atom stereocenters. The van der Waals surface area contributed by atoms with Crippen LogP contribution in [0, 0.1) is 0 Å². The number of hydrogen-bond donors (Lipinski definition) is 2. The Morgan fingerprint density at radius 3 is 2.68 bits per heavy atom. The van der Waals surface area contributed by atoms with Gasteiger partial charge in [0.25, 0.3) is 5.91 Å². The lowest BCUT2D eigenvalue weighted by atomic mass is 9.97. The summed E-state index contributed by atoms with van der Waals surface area (Å²) in [5.74, 6) is -0.535. The van der Waals surface area contributed by atoms with Crippen molar-refractivity contribution >= 4 is 11.9 Å². The SMILES string of the molecule is COC(=O)C[C@@H]1CC[C@H](NC(=O)c2ccccc2)[C@H](CO)O1. The maximum absolute atomic E-state index is 12.2. The normalized spacial score (nSPS) is 24.5. The van der Waals surface area contributed by atoms with Crippen molar-refractivity contribution in [1.29, 1.82) is 0 Å². The first kappa shape index (κ1) is 16.5. The van der Waals surface area contributed by atoms with E-state index in [1.54, 1.807) is 24.3 Å². The van der Waals surface area contributed by atoms with Crippen molar-refractivity contribution < 1.29 is 24.2 Å². The van der Waals surface area contributed by atoms with Crippen LogP contribution in [0.4, 0.5) is 0 Å². The molecule has 1 aromatic rings. The summed E-state index contributed by atoms with van der Waals surface area (Å²) in [6.45, 7) is -0.211. The van der Waals surface area contributed by atoms with Gasteiger partial charge in [0.1, 0.15) is 6.10 Å². The lowest BCUT2D eigenvalue weighted by Crippen LogP contribution is -2.51. The zero-order chi connectivity index (χ0) is 15.9. The van der Waals surface area contributed by atoms with Crippen LogP contribution in [0.15, 0.2) is 30.3 Å². The van der Waals surface area contributed by atoms with Gasteiger partial charge in [0, 0.05) is 5.56 Å². The minimum atomic E-state index is -0.518. The number of benzene rings is 1. The molecule has 1 saturated heterocycles. The molecule has 0 spiro atoms. The summed E-state index contributed by atoms with van der Waals surface area (Å²) in [5, 5.41) is 12.3. The van der Waals surface area contributed by atoms with Gasteiger partial charge in [0.15, 0.2) is 0 Å². The van der Waals surface area contributed by atoms with Crippen LogP contribution in [0.5, 0.6) is 0 Å².